The van der Waals surface area contributed by atoms with Crippen LogP contribution in [0, 0.1) is 0 Å². The first kappa shape index (κ1) is 20.5. The molecule has 0 saturated heterocycles. The van der Waals surface area contributed by atoms with Gasteiger partial charge in [0.05, 0.1) is 11.6 Å². The van der Waals surface area contributed by atoms with Gasteiger partial charge in [0, 0.05) is 31.9 Å². The summed E-state index contributed by atoms with van der Waals surface area (Å²) >= 11 is 0. The molecular formula is C22H29N3O2. The average Bonchev–Trinajstić information content (AvgIpc) is 2.66. The van der Waals surface area contributed by atoms with Crippen molar-refractivity contribution in [1.82, 2.24) is 5.32 Å². The Morgan fingerprint density at radius 2 is 1.78 bits per heavy atom. The van der Waals surface area contributed by atoms with Crippen molar-refractivity contribution in [2.45, 2.75) is 39.2 Å². The SMILES string of the molecule is CCCCC(=O)Nc1ccc(N(C)C)c(C(=O)NC(C)c2ccccc2)c1. The Morgan fingerprint density at radius 3 is 2.41 bits per heavy atom. The van der Waals surface area contributed by atoms with E-state index in [4.69, 9.17) is 0 Å². The summed E-state index contributed by atoms with van der Waals surface area (Å²) in [6.45, 7) is 4.01. The zero-order valence-corrected chi connectivity index (χ0v) is 16.6. The molecule has 0 radical (unpaired) electrons. The van der Waals surface area contributed by atoms with Crippen molar-refractivity contribution in [3.05, 3.63) is 59.7 Å². The summed E-state index contributed by atoms with van der Waals surface area (Å²) in [4.78, 5) is 26.8. The van der Waals surface area contributed by atoms with E-state index in [0.717, 1.165) is 24.1 Å². The normalized spacial score (nSPS) is 11.6. The van der Waals surface area contributed by atoms with Gasteiger partial charge in [-0.2, -0.15) is 0 Å². The molecule has 0 heterocycles. The second kappa shape index (κ2) is 9.76. The summed E-state index contributed by atoms with van der Waals surface area (Å²) in [5.74, 6) is -0.196. The van der Waals surface area contributed by atoms with Gasteiger partial charge in [-0.15, -0.1) is 0 Å². The van der Waals surface area contributed by atoms with Gasteiger partial charge in [-0.05, 0) is 37.1 Å². The van der Waals surface area contributed by atoms with Crippen molar-refractivity contribution >= 4 is 23.2 Å². The Bertz CT molecular complexity index is 772. The molecule has 0 bridgehead atoms. The molecule has 0 aliphatic carbocycles. The minimum atomic E-state index is -0.167. The molecule has 27 heavy (non-hydrogen) atoms. The monoisotopic (exact) mass is 367 g/mol. The lowest BCUT2D eigenvalue weighted by Gasteiger charge is -2.20. The van der Waals surface area contributed by atoms with Gasteiger partial charge in [0.25, 0.3) is 5.91 Å². The third kappa shape index (κ3) is 5.84. The van der Waals surface area contributed by atoms with Crippen molar-refractivity contribution in [2.24, 2.45) is 0 Å². The molecule has 2 rings (SSSR count). The number of carbonyl (C=O) groups excluding carboxylic acids is 2. The molecular weight excluding hydrogens is 338 g/mol. The fourth-order valence-corrected chi connectivity index (χ4v) is 2.85. The van der Waals surface area contributed by atoms with E-state index in [0.29, 0.717) is 17.7 Å². The predicted octanol–water partition coefficient (Wildman–Crippen LogP) is 4.37. The van der Waals surface area contributed by atoms with Crippen molar-refractivity contribution < 1.29 is 9.59 Å². The van der Waals surface area contributed by atoms with Gasteiger partial charge in [0.1, 0.15) is 0 Å². The molecule has 0 aromatic heterocycles. The predicted molar refractivity (Wildman–Crippen MR) is 111 cm³/mol. The molecule has 0 aliphatic rings. The number of benzene rings is 2. The number of carbonyl (C=O) groups is 2. The molecule has 2 N–H and O–H groups in total. The van der Waals surface area contributed by atoms with Gasteiger partial charge >= 0.3 is 0 Å². The standard InChI is InChI=1S/C22H29N3O2/c1-5-6-12-21(26)24-18-13-14-20(25(3)4)19(15-18)22(27)23-16(2)17-10-8-7-9-11-17/h7-11,13-16H,5-6,12H2,1-4H3,(H,23,27)(H,24,26). The van der Waals surface area contributed by atoms with Crippen LogP contribution in [-0.2, 0) is 4.79 Å². The number of hydrogen-bond donors (Lipinski definition) is 2. The van der Waals surface area contributed by atoms with E-state index in [2.05, 4.69) is 17.6 Å². The Morgan fingerprint density at radius 1 is 1.07 bits per heavy atom. The number of nitrogens with one attached hydrogen (secondary N) is 2. The summed E-state index contributed by atoms with van der Waals surface area (Å²) < 4.78 is 0. The number of anilines is 2. The van der Waals surface area contributed by atoms with Gasteiger partial charge in [0.2, 0.25) is 5.91 Å². The van der Waals surface area contributed by atoms with Crippen LogP contribution >= 0.6 is 0 Å². The van der Waals surface area contributed by atoms with Gasteiger partial charge in [-0.25, -0.2) is 0 Å². The van der Waals surface area contributed by atoms with E-state index in [-0.39, 0.29) is 17.9 Å². The lowest BCUT2D eigenvalue weighted by atomic mass is 10.1. The fourth-order valence-electron chi connectivity index (χ4n) is 2.85. The summed E-state index contributed by atoms with van der Waals surface area (Å²) in [5, 5.41) is 5.93. The van der Waals surface area contributed by atoms with Crippen LogP contribution in [-0.4, -0.2) is 25.9 Å². The highest BCUT2D eigenvalue weighted by Crippen LogP contribution is 2.24. The van der Waals surface area contributed by atoms with Gasteiger partial charge in [-0.1, -0.05) is 43.7 Å². The molecule has 2 aromatic carbocycles. The highest BCUT2D eigenvalue weighted by molar-refractivity contribution is 6.02. The highest BCUT2D eigenvalue weighted by Gasteiger charge is 2.17. The smallest absolute Gasteiger partial charge is 0.253 e. The Hall–Kier alpha value is -2.82. The average molecular weight is 367 g/mol. The van der Waals surface area contributed by atoms with Crippen LogP contribution < -0.4 is 15.5 Å². The fraction of sp³-hybridized carbons (Fsp3) is 0.364. The van der Waals surface area contributed by atoms with Crippen molar-refractivity contribution in [3.63, 3.8) is 0 Å². The van der Waals surface area contributed by atoms with E-state index in [1.165, 1.54) is 0 Å². The minimum Gasteiger partial charge on any atom is -0.377 e. The molecule has 2 aromatic rings. The summed E-state index contributed by atoms with van der Waals surface area (Å²) in [5.41, 5.74) is 3.02. The summed E-state index contributed by atoms with van der Waals surface area (Å²) in [6.07, 6.45) is 2.31. The maximum Gasteiger partial charge on any atom is 0.253 e. The molecule has 0 fully saturated rings. The van der Waals surface area contributed by atoms with E-state index in [1.54, 1.807) is 6.07 Å². The van der Waals surface area contributed by atoms with Crippen LogP contribution in [0.3, 0.4) is 0 Å². The van der Waals surface area contributed by atoms with Crippen LogP contribution in [0.4, 0.5) is 11.4 Å². The molecule has 2 amide bonds. The van der Waals surface area contributed by atoms with Gasteiger partial charge in [-0.3, -0.25) is 9.59 Å². The molecule has 5 heteroatoms. The zero-order valence-electron chi connectivity index (χ0n) is 16.6. The molecule has 1 unspecified atom stereocenters. The van der Waals surface area contributed by atoms with Crippen LogP contribution in [0.5, 0.6) is 0 Å². The number of nitrogens with zero attached hydrogens (tertiary/aromatic N) is 1. The third-order valence-corrected chi connectivity index (χ3v) is 4.41. The summed E-state index contributed by atoms with van der Waals surface area (Å²) in [6, 6.07) is 15.2. The Balaban J connectivity index is 2.20. The quantitative estimate of drug-likeness (QED) is 0.728. The first-order chi connectivity index (χ1) is 12.9. The Kier molecular flexibility index (Phi) is 7.41. The lowest BCUT2D eigenvalue weighted by Crippen LogP contribution is -2.28. The first-order valence-corrected chi connectivity index (χ1v) is 9.39. The number of unbranched alkanes of at least 4 members (excludes halogenated alkanes) is 1. The Labute approximate surface area is 161 Å². The van der Waals surface area contributed by atoms with E-state index in [1.807, 2.05) is 68.4 Å². The molecule has 144 valence electrons. The minimum absolute atomic E-state index is 0.0292. The highest BCUT2D eigenvalue weighted by atomic mass is 16.2. The lowest BCUT2D eigenvalue weighted by molar-refractivity contribution is -0.116. The molecule has 0 spiro atoms. The maximum absolute atomic E-state index is 12.9. The van der Waals surface area contributed by atoms with Crippen LogP contribution in [0.25, 0.3) is 0 Å². The molecule has 5 nitrogen and oxygen atoms in total. The number of amides is 2. The first-order valence-electron chi connectivity index (χ1n) is 9.39. The second-order valence-corrected chi connectivity index (χ2v) is 6.88. The van der Waals surface area contributed by atoms with Crippen LogP contribution in [0.15, 0.2) is 48.5 Å². The zero-order chi connectivity index (χ0) is 19.8. The van der Waals surface area contributed by atoms with E-state index >= 15 is 0 Å². The molecule has 0 saturated carbocycles. The molecule has 1 atom stereocenters. The van der Waals surface area contributed by atoms with E-state index in [9.17, 15) is 9.59 Å². The number of rotatable bonds is 8. The maximum atomic E-state index is 12.9. The second-order valence-electron chi connectivity index (χ2n) is 6.88. The largest absolute Gasteiger partial charge is 0.377 e. The third-order valence-electron chi connectivity index (χ3n) is 4.41. The van der Waals surface area contributed by atoms with Crippen molar-refractivity contribution in [1.29, 1.82) is 0 Å². The van der Waals surface area contributed by atoms with E-state index < -0.39 is 0 Å². The van der Waals surface area contributed by atoms with Gasteiger partial charge in [0.15, 0.2) is 0 Å². The molecule has 0 aliphatic heterocycles. The number of hydrogen-bond acceptors (Lipinski definition) is 3. The van der Waals surface area contributed by atoms with Gasteiger partial charge < -0.3 is 15.5 Å². The topological polar surface area (TPSA) is 61.4 Å². The van der Waals surface area contributed by atoms with Crippen LogP contribution in [0.2, 0.25) is 0 Å². The summed E-state index contributed by atoms with van der Waals surface area (Å²) in [7, 11) is 3.79. The van der Waals surface area contributed by atoms with Crippen LogP contribution in [0.1, 0.15) is 55.1 Å². The van der Waals surface area contributed by atoms with Crippen molar-refractivity contribution in [2.75, 3.05) is 24.3 Å². The van der Waals surface area contributed by atoms with Crippen molar-refractivity contribution in [3.8, 4) is 0 Å².